The number of para-hydroxylation sites is 1. The van der Waals surface area contributed by atoms with E-state index in [0.29, 0.717) is 12.4 Å². The monoisotopic (exact) mass is 283 g/mol. The number of carboxylic acids is 1. The normalized spacial score (nSPS) is 10.5. The average molecular weight is 283 g/mol. The summed E-state index contributed by atoms with van der Waals surface area (Å²) < 4.78 is 11.0. The maximum atomic E-state index is 10.4. The van der Waals surface area contributed by atoms with E-state index in [-0.39, 0.29) is 0 Å². The van der Waals surface area contributed by atoms with Crippen molar-refractivity contribution >= 4 is 12.0 Å². The van der Waals surface area contributed by atoms with Gasteiger partial charge in [-0.05, 0) is 35.9 Å². The second kappa shape index (κ2) is 7.14. The number of benzene rings is 2. The first-order chi connectivity index (χ1) is 10.2. The second-order valence-electron chi connectivity index (χ2n) is 4.33. The molecule has 0 radical (unpaired) electrons. The predicted octanol–water partition coefficient (Wildman–Crippen LogP) is 2.04. The Balaban J connectivity index is 2.16. The Morgan fingerprint density at radius 3 is 2.62 bits per heavy atom. The molecule has 0 aliphatic rings. The van der Waals surface area contributed by atoms with Gasteiger partial charge in [0.15, 0.2) is 0 Å². The van der Waals surface area contributed by atoms with E-state index in [1.165, 1.54) is 6.08 Å². The molecule has 4 nitrogen and oxygen atoms in total. The van der Waals surface area contributed by atoms with Crippen molar-refractivity contribution in [1.29, 1.82) is 0 Å². The van der Waals surface area contributed by atoms with Crippen molar-refractivity contribution in [3.63, 3.8) is 0 Å². The summed E-state index contributed by atoms with van der Waals surface area (Å²) in [5, 5.41) is 10.4. The highest BCUT2D eigenvalue weighted by Gasteiger charge is 2.04. The minimum absolute atomic E-state index is 0.334. The third-order valence-corrected chi connectivity index (χ3v) is 2.85. The summed E-state index contributed by atoms with van der Waals surface area (Å²) in [5.41, 5.74) is 1.58. The van der Waals surface area contributed by atoms with Gasteiger partial charge in [0.25, 0.3) is 0 Å². The van der Waals surface area contributed by atoms with Crippen LogP contribution in [0.5, 0.6) is 11.5 Å². The van der Waals surface area contributed by atoms with Crippen LogP contribution < -0.4 is 14.6 Å². The van der Waals surface area contributed by atoms with E-state index in [9.17, 15) is 9.90 Å². The van der Waals surface area contributed by atoms with Gasteiger partial charge >= 0.3 is 0 Å². The van der Waals surface area contributed by atoms with Gasteiger partial charge in [0, 0.05) is 5.56 Å². The molecule has 0 N–H and O–H groups in total. The zero-order chi connectivity index (χ0) is 15.1. The summed E-state index contributed by atoms with van der Waals surface area (Å²) in [5.74, 6) is 0.222. The molecule has 0 fully saturated rings. The Morgan fingerprint density at radius 1 is 1.19 bits per heavy atom. The van der Waals surface area contributed by atoms with Crippen molar-refractivity contribution in [1.82, 2.24) is 0 Å². The highest BCUT2D eigenvalue weighted by molar-refractivity contribution is 5.83. The predicted molar refractivity (Wildman–Crippen MR) is 77.8 cm³/mol. The summed E-state index contributed by atoms with van der Waals surface area (Å²) in [6.07, 6.45) is 2.46. The molecule has 21 heavy (non-hydrogen) atoms. The van der Waals surface area contributed by atoms with Crippen LogP contribution in [0.3, 0.4) is 0 Å². The minimum atomic E-state index is -1.23. The molecule has 2 aromatic rings. The zero-order valence-corrected chi connectivity index (χ0v) is 11.6. The molecule has 0 aliphatic heterocycles. The molecular weight excluding hydrogens is 268 g/mol. The Morgan fingerprint density at radius 2 is 1.95 bits per heavy atom. The summed E-state index contributed by atoms with van der Waals surface area (Å²) in [6, 6.07) is 14.8. The van der Waals surface area contributed by atoms with Crippen molar-refractivity contribution in [3.05, 3.63) is 65.7 Å². The van der Waals surface area contributed by atoms with Gasteiger partial charge in [0.05, 0.1) is 13.1 Å². The van der Waals surface area contributed by atoms with Gasteiger partial charge < -0.3 is 19.4 Å². The van der Waals surface area contributed by atoms with Crippen molar-refractivity contribution in [2.75, 3.05) is 7.11 Å². The molecular formula is C17H15O4-. The van der Waals surface area contributed by atoms with Gasteiger partial charge in [-0.1, -0.05) is 30.3 Å². The average Bonchev–Trinajstić information content (AvgIpc) is 2.52. The number of hydrogen-bond acceptors (Lipinski definition) is 4. The Labute approximate surface area is 123 Å². The first-order valence-corrected chi connectivity index (χ1v) is 6.43. The standard InChI is InChI=1S/C17H16O4/c1-20-16-9-7-13(8-10-17(18)19)11-14(16)12-21-15-5-3-2-4-6-15/h2-11H,12H2,1H3,(H,18,19)/p-1/b10-8+. The molecule has 0 amide bonds. The van der Waals surface area contributed by atoms with Crippen LogP contribution in [0.1, 0.15) is 11.1 Å². The molecule has 0 unspecified atom stereocenters. The van der Waals surface area contributed by atoms with Crippen LogP contribution >= 0.6 is 0 Å². The molecule has 0 bridgehead atoms. The van der Waals surface area contributed by atoms with E-state index in [1.54, 1.807) is 19.2 Å². The molecule has 2 rings (SSSR count). The van der Waals surface area contributed by atoms with Crippen LogP contribution in [-0.2, 0) is 11.4 Å². The largest absolute Gasteiger partial charge is 0.545 e. The van der Waals surface area contributed by atoms with Gasteiger partial charge in [-0.25, -0.2) is 0 Å². The fraction of sp³-hybridized carbons (Fsp3) is 0.118. The number of carbonyl (C=O) groups is 1. The number of rotatable bonds is 6. The van der Waals surface area contributed by atoms with E-state index in [4.69, 9.17) is 9.47 Å². The third kappa shape index (κ3) is 4.38. The lowest BCUT2D eigenvalue weighted by molar-refractivity contribution is -0.297. The molecule has 0 heterocycles. The number of hydrogen-bond donors (Lipinski definition) is 0. The summed E-state index contributed by atoms with van der Waals surface area (Å²) >= 11 is 0. The number of carboxylic acid groups (broad SMARTS) is 1. The topological polar surface area (TPSA) is 58.6 Å². The second-order valence-corrected chi connectivity index (χ2v) is 4.33. The summed E-state index contributed by atoms with van der Waals surface area (Å²) in [7, 11) is 1.58. The highest BCUT2D eigenvalue weighted by atomic mass is 16.5. The first-order valence-electron chi connectivity index (χ1n) is 6.43. The van der Waals surface area contributed by atoms with Crippen LogP contribution in [0.25, 0.3) is 6.08 Å². The van der Waals surface area contributed by atoms with E-state index in [1.807, 2.05) is 36.4 Å². The Bertz CT molecular complexity index is 632. The Kier molecular flexibility index (Phi) is 4.99. The van der Waals surface area contributed by atoms with Crippen LogP contribution in [0.15, 0.2) is 54.6 Å². The Hall–Kier alpha value is -2.75. The molecule has 2 aromatic carbocycles. The molecule has 0 aliphatic carbocycles. The number of ether oxygens (including phenoxy) is 2. The first kappa shape index (κ1) is 14.7. The smallest absolute Gasteiger partial charge is 0.125 e. The van der Waals surface area contributed by atoms with E-state index < -0.39 is 5.97 Å². The molecule has 0 saturated carbocycles. The molecule has 0 aromatic heterocycles. The molecule has 0 saturated heterocycles. The van der Waals surface area contributed by atoms with E-state index >= 15 is 0 Å². The highest BCUT2D eigenvalue weighted by Crippen LogP contribution is 2.22. The fourth-order valence-corrected chi connectivity index (χ4v) is 1.86. The van der Waals surface area contributed by atoms with Crippen molar-refractivity contribution in [3.8, 4) is 11.5 Å². The quantitative estimate of drug-likeness (QED) is 0.761. The van der Waals surface area contributed by atoms with Crippen LogP contribution in [0, 0.1) is 0 Å². The molecule has 4 heteroatoms. The summed E-state index contributed by atoms with van der Waals surface area (Å²) in [6.45, 7) is 0.334. The molecule has 108 valence electrons. The summed E-state index contributed by atoms with van der Waals surface area (Å²) in [4.78, 5) is 10.4. The van der Waals surface area contributed by atoms with Gasteiger partial charge in [-0.2, -0.15) is 0 Å². The van der Waals surface area contributed by atoms with Crippen molar-refractivity contribution < 1.29 is 19.4 Å². The number of methoxy groups -OCH3 is 1. The van der Waals surface area contributed by atoms with Crippen molar-refractivity contribution in [2.24, 2.45) is 0 Å². The lowest BCUT2D eigenvalue weighted by Crippen LogP contribution is -2.18. The van der Waals surface area contributed by atoms with Crippen LogP contribution in [0.2, 0.25) is 0 Å². The molecule has 0 atom stereocenters. The minimum Gasteiger partial charge on any atom is -0.545 e. The van der Waals surface area contributed by atoms with E-state index in [2.05, 4.69) is 0 Å². The third-order valence-electron chi connectivity index (χ3n) is 2.85. The number of carbonyl (C=O) groups excluding carboxylic acids is 1. The van der Waals surface area contributed by atoms with E-state index in [0.717, 1.165) is 23.0 Å². The van der Waals surface area contributed by atoms with Crippen LogP contribution in [0.4, 0.5) is 0 Å². The van der Waals surface area contributed by atoms with Gasteiger partial charge in [0.2, 0.25) is 0 Å². The maximum absolute atomic E-state index is 10.4. The molecule has 0 spiro atoms. The van der Waals surface area contributed by atoms with Crippen molar-refractivity contribution in [2.45, 2.75) is 6.61 Å². The lowest BCUT2D eigenvalue weighted by atomic mass is 10.1. The fourth-order valence-electron chi connectivity index (χ4n) is 1.86. The number of aliphatic carboxylic acids is 1. The maximum Gasteiger partial charge on any atom is 0.125 e. The zero-order valence-electron chi connectivity index (χ0n) is 11.6. The lowest BCUT2D eigenvalue weighted by Gasteiger charge is -2.11. The SMILES string of the molecule is COc1ccc(/C=C/C(=O)[O-])cc1COc1ccccc1. The van der Waals surface area contributed by atoms with Gasteiger partial charge in [0.1, 0.15) is 18.1 Å². The van der Waals surface area contributed by atoms with Gasteiger partial charge in [-0.3, -0.25) is 0 Å². The van der Waals surface area contributed by atoms with Gasteiger partial charge in [-0.15, -0.1) is 0 Å². The van der Waals surface area contributed by atoms with Crippen LogP contribution in [-0.4, -0.2) is 13.1 Å².